The Balaban J connectivity index is 2.59. The van der Waals surface area contributed by atoms with E-state index in [1.54, 1.807) is 31.2 Å². The van der Waals surface area contributed by atoms with Gasteiger partial charge < -0.3 is 4.74 Å². The summed E-state index contributed by atoms with van der Waals surface area (Å²) < 4.78 is 4.74. The summed E-state index contributed by atoms with van der Waals surface area (Å²) in [7, 11) is 1.29. The second kappa shape index (κ2) is 5.93. The van der Waals surface area contributed by atoms with Gasteiger partial charge >= 0.3 is 5.97 Å². The Morgan fingerprint density at radius 2 is 1.95 bits per heavy atom. The lowest BCUT2D eigenvalue weighted by Crippen LogP contribution is -2.03. The van der Waals surface area contributed by atoms with Crippen molar-refractivity contribution < 1.29 is 14.5 Å². The van der Waals surface area contributed by atoms with Gasteiger partial charge in [-0.05, 0) is 42.3 Å². The van der Waals surface area contributed by atoms with Gasteiger partial charge in [0.2, 0.25) is 0 Å². The van der Waals surface area contributed by atoms with Crippen LogP contribution in [0.15, 0.2) is 36.4 Å². The van der Waals surface area contributed by atoms with Crippen LogP contribution in [0.3, 0.4) is 0 Å². The first-order valence-corrected chi connectivity index (χ1v) is 6.45. The molecule has 0 aliphatic carbocycles. The second-order valence-corrected chi connectivity index (χ2v) is 4.88. The zero-order valence-corrected chi connectivity index (χ0v) is 12.2. The Labute approximate surface area is 126 Å². The molecule has 0 aromatic heterocycles. The fourth-order valence-corrected chi connectivity index (χ4v) is 2.25. The lowest BCUT2D eigenvalue weighted by molar-refractivity contribution is -0.385. The summed E-state index contributed by atoms with van der Waals surface area (Å²) >= 11 is 5.91. The minimum atomic E-state index is -0.511. The van der Waals surface area contributed by atoms with Gasteiger partial charge in [0.1, 0.15) is 0 Å². The molecular formula is C15H12ClNO4. The van der Waals surface area contributed by atoms with Crippen LogP contribution in [-0.2, 0) is 4.74 Å². The van der Waals surface area contributed by atoms with E-state index in [9.17, 15) is 14.9 Å². The third-order valence-corrected chi connectivity index (χ3v) is 3.33. The zero-order chi connectivity index (χ0) is 15.6. The lowest BCUT2D eigenvalue weighted by atomic mass is 9.97. The molecule has 0 heterocycles. The molecule has 0 fully saturated rings. The molecule has 2 aromatic rings. The summed E-state index contributed by atoms with van der Waals surface area (Å²) in [5.41, 5.74) is 2.17. The largest absolute Gasteiger partial charge is 0.465 e. The fraction of sp³-hybridized carbons (Fsp3) is 0.133. The van der Waals surface area contributed by atoms with Crippen LogP contribution in [-0.4, -0.2) is 18.0 Å². The fourth-order valence-electron chi connectivity index (χ4n) is 2.07. The van der Waals surface area contributed by atoms with Crippen molar-refractivity contribution in [3.05, 3.63) is 62.7 Å². The van der Waals surface area contributed by atoms with E-state index in [1.165, 1.54) is 19.2 Å². The summed E-state index contributed by atoms with van der Waals surface area (Å²) in [4.78, 5) is 22.2. The van der Waals surface area contributed by atoms with Crippen molar-refractivity contribution in [2.24, 2.45) is 0 Å². The predicted octanol–water partition coefficient (Wildman–Crippen LogP) is 4.01. The van der Waals surface area contributed by atoms with Crippen molar-refractivity contribution in [1.82, 2.24) is 0 Å². The molecule has 0 spiro atoms. The highest BCUT2D eigenvalue weighted by molar-refractivity contribution is 6.31. The Kier molecular flexibility index (Phi) is 4.23. The van der Waals surface area contributed by atoms with Gasteiger partial charge in [-0.3, -0.25) is 10.1 Å². The standard InChI is InChI=1S/C15H12ClNO4/c1-9-7-10(3-6-14(9)17(19)20)12-5-4-11(16)8-13(12)15(18)21-2/h3-8H,1-2H3. The first kappa shape index (κ1) is 15.0. The minimum Gasteiger partial charge on any atom is -0.465 e. The van der Waals surface area contributed by atoms with E-state index >= 15 is 0 Å². The summed E-state index contributed by atoms with van der Waals surface area (Å²) in [6, 6.07) is 9.53. The third kappa shape index (κ3) is 3.03. The van der Waals surface area contributed by atoms with Gasteiger partial charge in [0.15, 0.2) is 0 Å². The van der Waals surface area contributed by atoms with Gasteiger partial charge in [0, 0.05) is 16.7 Å². The molecular weight excluding hydrogens is 294 g/mol. The van der Waals surface area contributed by atoms with E-state index in [1.807, 2.05) is 0 Å². The summed E-state index contributed by atoms with van der Waals surface area (Å²) in [5.74, 6) is -0.511. The van der Waals surface area contributed by atoms with Gasteiger partial charge in [-0.15, -0.1) is 0 Å². The average molecular weight is 306 g/mol. The van der Waals surface area contributed by atoms with Crippen LogP contribution in [0.1, 0.15) is 15.9 Å². The maximum Gasteiger partial charge on any atom is 0.338 e. The maximum atomic E-state index is 11.8. The van der Waals surface area contributed by atoms with E-state index in [0.717, 1.165) is 0 Å². The molecule has 5 nitrogen and oxygen atoms in total. The number of ether oxygens (including phenoxy) is 1. The number of nitrogens with zero attached hydrogens (tertiary/aromatic N) is 1. The van der Waals surface area contributed by atoms with Gasteiger partial charge in [-0.25, -0.2) is 4.79 Å². The van der Waals surface area contributed by atoms with Crippen molar-refractivity contribution in [2.75, 3.05) is 7.11 Å². The molecule has 0 saturated carbocycles. The highest BCUT2D eigenvalue weighted by atomic mass is 35.5. The molecule has 108 valence electrons. The molecule has 0 unspecified atom stereocenters. The number of halogens is 1. The Morgan fingerprint density at radius 3 is 2.52 bits per heavy atom. The lowest BCUT2D eigenvalue weighted by Gasteiger charge is -2.09. The van der Waals surface area contributed by atoms with E-state index < -0.39 is 10.9 Å². The molecule has 0 saturated heterocycles. The van der Waals surface area contributed by atoms with Crippen LogP contribution < -0.4 is 0 Å². The van der Waals surface area contributed by atoms with Crippen LogP contribution in [0.4, 0.5) is 5.69 Å². The van der Waals surface area contributed by atoms with Gasteiger partial charge in [0.05, 0.1) is 17.6 Å². The van der Waals surface area contributed by atoms with Crippen molar-refractivity contribution in [1.29, 1.82) is 0 Å². The molecule has 21 heavy (non-hydrogen) atoms. The Hall–Kier alpha value is -2.40. The minimum absolute atomic E-state index is 0.0346. The van der Waals surface area contributed by atoms with E-state index in [4.69, 9.17) is 16.3 Å². The van der Waals surface area contributed by atoms with Crippen LogP contribution in [0.25, 0.3) is 11.1 Å². The highest BCUT2D eigenvalue weighted by Gasteiger charge is 2.16. The summed E-state index contributed by atoms with van der Waals surface area (Å²) in [6.45, 7) is 1.65. The number of aryl methyl sites for hydroxylation is 1. The smallest absolute Gasteiger partial charge is 0.338 e. The topological polar surface area (TPSA) is 69.4 Å². The number of nitro groups is 1. The van der Waals surface area contributed by atoms with Gasteiger partial charge in [-0.1, -0.05) is 17.7 Å². The van der Waals surface area contributed by atoms with Crippen LogP contribution in [0.2, 0.25) is 5.02 Å². The first-order valence-electron chi connectivity index (χ1n) is 6.07. The van der Waals surface area contributed by atoms with E-state index in [0.29, 0.717) is 27.3 Å². The monoisotopic (exact) mass is 305 g/mol. The summed E-state index contributed by atoms with van der Waals surface area (Å²) in [6.07, 6.45) is 0. The number of methoxy groups -OCH3 is 1. The van der Waals surface area contributed by atoms with Crippen LogP contribution in [0, 0.1) is 17.0 Å². The molecule has 2 rings (SSSR count). The number of carbonyl (C=O) groups is 1. The Morgan fingerprint density at radius 1 is 1.24 bits per heavy atom. The molecule has 2 aromatic carbocycles. The molecule has 0 radical (unpaired) electrons. The van der Waals surface area contributed by atoms with Gasteiger partial charge in [0.25, 0.3) is 5.69 Å². The summed E-state index contributed by atoms with van der Waals surface area (Å²) in [5, 5.41) is 11.3. The predicted molar refractivity (Wildman–Crippen MR) is 79.6 cm³/mol. The maximum absolute atomic E-state index is 11.8. The van der Waals surface area contributed by atoms with Crippen molar-refractivity contribution in [2.45, 2.75) is 6.92 Å². The van der Waals surface area contributed by atoms with E-state index in [2.05, 4.69) is 0 Å². The molecule has 0 aliphatic rings. The first-order chi connectivity index (χ1) is 9.93. The average Bonchev–Trinajstić information content (AvgIpc) is 2.45. The number of hydrogen-bond donors (Lipinski definition) is 0. The third-order valence-electron chi connectivity index (χ3n) is 3.09. The quantitative estimate of drug-likeness (QED) is 0.488. The molecule has 6 heteroatoms. The molecule has 0 atom stereocenters. The number of nitro benzene ring substituents is 1. The molecule has 0 aliphatic heterocycles. The van der Waals surface area contributed by atoms with Gasteiger partial charge in [-0.2, -0.15) is 0 Å². The molecule has 0 amide bonds. The van der Waals surface area contributed by atoms with E-state index in [-0.39, 0.29) is 5.69 Å². The van der Waals surface area contributed by atoms with Crippen LogP contribution in [0.5, 0.6) is 0 Å². The zero-order valence-electron chi connectivity index (χ0n) is 11.4. The van der Waals surface area contributed by atoms with Crippen molar-refractivity contribution >= 4 is 23.3 Å². The second-order valence-electron chi connectivity index (χ2n) is 4.44. The van der Waals surface area contributed by atoms with Crippen molar-refractivity contribution in [3.8, 4) is 11.1 Å². The number of esters is 1. The highest BCUT2D eigenvalue weighted by Crippen LogP contribution is 2.30. The number of carbonyl (C=O) groups excluding carboxylic acids is 1. The Bertz CT molecular complexity index is 728. The normalized spacial score (nSPS) is 10.2. The van der Waals surface area contributed by atoms with Crippen molar-refractivity contribution in [3.63, 3.8) is 0 Å². The molecule has 0 bridgehead atoms. The number of rotatable bonds is 3. The van der Waals surface area contributed by atoms with Crippen LogP contribution >= 0.6 is 11.6 Å². The number of benzene rings is 2. The SMILES string of the molecule is COC(=O)c1cc(Cl)ccc1-c1ccc([N+](=O)[O-])c(C)c1. The molecule has 0 N–H and O–H groups in total. The number of hydrogen-bond acceptors (Lipinski definition) is 4.